The van der Waals surface area contributed by atoms with Gasteiger partial charge in [0.15, 0.2) is 0 Å². The van der Waals surface area contributed by atoms with Crippen molar-refractivity contribution < 1.29 is 14.1 Å². The molecule has 2 aromatic carbocycles. The van der Waals surface area contributed by atoms with Crippen LogP contribution in [0.5, 0.6) is 5.75 Å². The Morgan fingerprint density at radius 3 is 2.77 bits per heavy atom. The summed E-state index contributed by atoms with van der Waals surface area (Å²) < 4.78 is 11.1. The predicted octanol–water partition coefficient (Wildman–Crippen LogP) is 4.44. The fraction of sp³-hybridized carbons (Fsp3) is 0.360. The van der Waals surface area contributed by atoms with Crippen LogP contribution in [0.3, 0.4) is 0 Å². The van der Waals surface area contributed by atoms with E-state index < -0.39 is 0 Å². The fourth-order valence-electron chi connectivity index (χ4n) is 4.06. The van der Waals surface area contributed by atoms with Crippen LogP contribution in [0.25, 0.3) is 0 Å². The van der Waals surface area contributed by atoms with Gasteiger partial charge in [-0.05, 0) is 51.0 Å². The van der Waals surface area contributed by atoms with E-state index in [2.05, 4.69) is 46.6 Å². The zero-order valence-corrected chi connectivity index (χ0v) is 18.3. The van der Waals surface area contributed by atoms with Crippen molar-refractivity contribution >= 4 is 5.91 Å². The van der Waals surface area contributed by atoms with Gasteiger partial charge in [0.25, 0.3) is 5.91 Å². The van der Waals surface area contributed by atoms with Gasteiger partial charge in [-0.15, -0.1) is 0 Å². The highest BCUT2D eigenvalue weighted by Crippen LogP contribution is 2.25. The molecule has 0 spiro atoms. The van der Waals surface area contributed by atoms with Gasteiger partial charge >= 0.3 is 0 Å². The molecule has 2 heterocycles. The summed E-state index contributed by atoms with van der Waals surface area (Å²) >= 11 is 0. The number of likely N-dealkylation sites (tertiary alicyclic amines) is 1. The largest absolute Gasteiger partial charge is 0.489 e. The summed E-state index contributed by atoms with van der Waals surface area (Å²) in [4.78, 5) is 15.3. The van der Waals surface area contributed by atoms with Crippen molar-refractivity contribution in [2.24, 2.45) is 0 Å². The highest BCUT2D eigenvalue weighted by molar-refractivity contribution is 5.94. The summed E-state index contributed by atoms with van der Waals surface area (Å²) in [6.07, 6.45) is 0.950. The first-order chi connectivity index (χ1) is 15.0. The van der Waals surface area contributed by atoms with Gasteiger partial charge in [0.1, 0.15) is 18.1 Å². The quantitative estimate of drug-likeness (QED) is 0.613. The zero-order valence-electron chi connectivity index (χ0n) is 18.3. The smallest absolute Gasteiger partial charge is 0.251 e. The molecule has 1 N–H and O–H groups in total. The number of nitrogens with zero attached hydrogens (tertiary/aromatic N) is 2. The summed E-state index contributed by atoms with van der Waals surface area (Å²) in [6.45, 7) is 8.17. The van der Waals surface area contributed by atoms with Gasteiger partial charge < -0.3 is 14.6 Å². The van der Waals surface area contributed by atoms with Crippen molar-refractivity contribution in [1.82, 2.24) is 15.4 Å². The predicted molar refractivity (Wildman–Crippen MR) is 119 cm³/mol. The van der Waals surface area contributed by atoms with Gasteiger partial charge in [-0.2, -0.15) is 0 Å². The number of nitrogens with one attached hydrogen (secondary N) is 1. The molecule has 1 fully saturated rings. The van der Waals surface area contributed by atoms with Crippen LogP contribution >= 0.6 is 0 Å². The van der Waals surface area contributed by atoms with E-state index in [4.69, 9.17) is 9.26 Å². The number of rotatable bonds is 7. The molecular formula is C25H29N3O3. The van der Waals surface area contributed by atoms with E-state index in [1.165, 1.54) is 5.56 Å². The number of aryl methyl sites for hydroxylation is 2. The van der Waals surface area contributed by atoms with Crippen LogP contribution in [0, 0.1) is 13.8 Å². The molecule has 4 rings (SSSR count). The molecule has 2 atom stereocenters. The number of carbonyl (C=O) groups is 1. The molecule has 0 aliphatic carbocycles. The third-order valence-corrected chi connectivity index (χ3v) is 6.05. The molecule has 2 unspecified atom stereocenters. The fourth-order valence-corrected chi connectivity index (χ4v) is 4.06. The molecule has 0 saturated carbocycles. The molecule has 1 saturated heterocycles. The van der Waals surface area contributed by atoms with Crippen LogP contribution in [0.15, 0.2) is 59.1 Å². The highest BCUT2D eigenvalue weighted by atomic mass is 16.5. The maximum atomic E-state index is 12.8. The van der Waals surface area contributed by atoms with Crippen LogP contribution in [0.2, 0.25) is 0 Å². The van der Waals surface area contributed by atoms with Crippen molar-refractivity contribution in [2.45, 2.75) is 45.9 Å². The van der Waals surface area contributed by atoms with E-state index >= 15 is 0 Å². The Labute approximate surface area is 183 Å². The van der Waals surface area contributed by atoms with Crippen LogP contribution < -0.4 is 10.1 Å². The normalized spacial score (nSPS) is 17.5. The molecular weight excluding hydrogens is 390 g/mol. The second-order valence-corrected chi connectivity index (χ2v) is 8.16. The van der Waals surface area contributed by atoms with Crippen LogP contribution in [-0.2, 0) is 6.61 Å². The maximum Gasteiger partial charge on any atom is 0.251 e. The minimum absolute atomic E-state index is 0.0676. The van der Waals surface area contributed by atoms with E-state index in [1.54, 1.807) is 6.07 Å². The second-order valence-electron chi connectivity index (χ2n) is 8.16. The number of hydrogen-bond donors (Lipinski definition) is 1. The number of carbonyl (C=O) groups excluding carboxylic acids is 1. The summed E-state index contributed by atoms with van der Waals surface area (Å²) in [6, 6.07) is 18.3. The molecule has 31 heavy (non-hydrogen) atoms. The standard InChI is InChI=1S/C25H29N3O3/c1-17-24(19(3)31-27-17)16-30-23-11-7-10-21(14-23)25(29)26-22-12-13-28(15-22)18(2)20-8-5-4-6-9-20/h4-11,14,18,22H,12-13,15-16H2,1-3H3,(H,26,29). The topological polar surface area (TPSA) is 67.6 Å². The molecule has 3 aromatic rings. The summed E-state index contributed by atoms with van der Waals surface area (Å²) in [7, 11) is 0. The average molecular weight is 420 g/mol. The monoisotopic (exact) mass is 419 g/mol. The molecule has 1 aliphatic rings. The first kappa shape index (κ1) is 21.1. The van der Waals surface area contributed by atoms with Gasteiger partial charge in [0, 0.05) is 30.7 Å². The Balaban J connectivity index is 1.33. The Morgan fingerprint density at radius 2 is 2.03 bits per heavy atom. The number of benzene rings is 2. The molecule has 0 bridgehead atoms. The summed E-state index contributed by atoms with van der Waals surface area (Å²) in [5, 5.41) is 7.13. The summed E-state index contributed by atoms with van der Waals surface area (Å²) in [5.41, 5.74) is 3.67. The lowest BCUT2D eigenvalue weighted by Gasteiger charge is -2.24. The third kappa shape index (κ3) is 4.97. The molecule has 1 aromatic heterocycles. The van der Waals surface area contributed by atoms with Crippen molar-refractivity contribution in [3.8, 4) is 5.75 Å². The van der Waals surface area contributed by atoms with Crippen LogP contribution in [0.1, 0.15) is 52.3 Å². The van der Waals surface area contributed by atoms with E-state index in [1.807, 2.05) is 38.1 Å². The average Bonchev–Trinajstić information content (AvgIpc) is 3.39. The second kappa shape index (κ2) is 9.35. The Bertz CT molecular complexity index is 1010. The maximum absolute atomic E-state index is 12.8. The van der Waals surface area contributed by atoms with Crippen molar-refractivity contribution in [1.29, 1.82) is 0 Å². The third-order valence-electron chi connectivity index (χ3n) is 6.05. The van der Waals surface area contributed by atoms with Gasteiger partial charge in [0.2, 0.25) is 0 Å². The van der Waals surface area contributed by atoms with Crippen LogP contribution in [-0.4, -0.2) is 35.1 Å². The van der Waals surface area contributed by atoms with Crippen molar-refractivity contribution in [2.75, 3.05) is 13.1 Å². The van der Waals surface area contributed by atoms with E-state index in [0.717, 1.165) is 36.5 Å². The summed E-state index contributed by atoms with van der Waals surface area (Å²) in [5.74, 6) is 1.34. The first-order valence-electron chi connectivity index (χ1n) is 10.8. The number of amides is 1. The SMILES string of the molecule is Cc1noc(C)c1COc1cccc(C(=O)NC2CCN(C(C)c3ccccc3)C2)c1. The molecule has 162 valence electrons. The van der Waals surface area contributed by atoms with Gasteiger partial charge in [-0.25, -0.2) is 0 Å². The number of hydrogen-bond acceptors (Lipinski definition) is 5. The van der Waals surface area contributed by atoms with Crippen molar-refractivity contribution in [3.05, 3.63) is 82.7 Å². The zero-order chi connectivity index (χ0) is 21.8. The number of ether oxygens (including phenoxy) is 1. The van der Waals surface area contributed by atoms with Gasteiger partial charge in [-0.3, -0.25) is 9.69 Å². The minimum Gasteiger partial charge on any atom is -0.489 e. The Kier molecular flexibility index (Phi) is 6.37. The molecule has 1 amide bonds. The van der Waals surface area contributed by atoms with Crippen molar-refractivity contribution in [3.63, 3.8) is 0 Å². The Hall–Kier alpha value is -3.12. The van der Waals surface area contributed by atoms with E-state index in [0.29, 0.717) is 24.0 Å². The minimum atomic E-state index is -0.0676. The van der Waals surface area contributed by atoms with Gasteiger partial charge in [-0.1, -0.05) is 41.6 Å². The van der Waals surface area contributed by atoms with Gasteiger partial charge in [0.05, 0.1) is 11.3 Å². The lowest BCUT2D eigenvalue weighted by atomic mass is 10.1. The van der Waals surface area contributed by atoms with E-state index in [-0.39, 0.29) is 11.9 Å². The highest BCUT2D eigenvalue weighted by Gasteiger charge is 2.28. The molecule has 1 aliphatic heterocycles. The lowest BCUT2D eigenvalue weighted by Crippen LogP contribution is -2.37. The molecule has 0 radical (unpaired) electrons. The van der Waals surface area contributed by atoms with Crippen LogP contribution in [0.4, 0.5) is 0 Å². The van der Waals surface area contributed by atoms with E-state index in [9.17, 15) is 4.79 Å². The molecule has 6 heteroatoms. The molecule has 6 nitrogen and oxygen atoms in total. The Morgan fingerprint density at radius 1 is 1.23 bits per heavy atom. The first-order valence-corrected chi connectivity index (χ1v) is 10.8. The lowest BCUT2D eigenvalue weighted by molar-refractivity contribution is 0.0936. The number of aromatic nitrogens is 1.